The van der Waals surface area contributed by atoms with Crippen LogP contribution in [0.3, 0.4) is 0 Å². The highest BCUT2D eigenvalue weighted by molar-refractivity contribution is 9.10. The van der Waals surface area contributed by atoms with Crippen LogP contribution in [-0.2, 0) is 4.79 Å². The van der Waals surface area contributed by atoms with Gasteiger partial charge in [0, 0.05) is 20.0 Å². The van der Waals surface area contributed by atoms with Crippen molar-refractivity contribution in [3.05, 3.63) is 22.9 Å². The molecule has 2 heterocycles. The molecule has 0 spiro atoms. The molecule has 0 bridgehead atoms. The Bertz CT molecular complexity index is 400. The predicted molar refractivity (Wildman–Crippen MR) is 72.4 cm³/mol. The van der Waals surface area contributed by atoms with E-state index in [1.165, 1.54) is 0 Å². The number of nitrogens with zero attached hydrogens (tertiary/aromatic N) is 2. The topological polar surface area (TPSA) is 42.4 Å². The highest BCUT2D eigenvalue weighted by Gasteiger charge is 2.20. The molecule has 0 N–H and O–H groups in total. The molecule has 1 aliphatic rings. The number of rotatable bonds is 3. The van der Waals surface area contributed by atoms with E-state index < -0.39 is 0 Å². The Hall–Kier alpha value is -1.10. The first kappa shape index (κ1) is 13.3. The maximum atomic E-state index is 11.2. The smallest absolute Gasteiger partial charge is 0.219 e. The number of amides is 1. The summed E-state index contributed by atoms with van der Waals surface area (Å²) in [6, 6.07) is 3.77. The predicted octanol–water partition coefficient (Wildman–Crippen LogP) is 2.48. The lowest BCUT2D eigenvalue weighted by Gasteiger charge is -2.31. The van der Waals surface area contributed by atoms with Gasteiger partial charge in [0.25, 0.3) is 0 Å². The van der Waals surface area contributed by atoms with E-state index in [1.807, 2.05) is 17.0 Å². The van der Waals surface area contributed by atoms with Crippen LogP contribution in [0.5, 0.6) is 5.75 Å². The molecule has 5 heteroatoms. The van der Waals surface area contributed by atoms with E-state index in [0.717, 1.165) is 36.3 Å². The summed E-state index contributed by atoms with van der Waals surface area (Å²) >= 11 is 3.29. The van der Waals surface area contributed by atoms with Gasteiger partial charge in [0.05, 0.1) is 12.8 Å². The molecule has 1 fully saturated rings. The lowest BCUT2D eigenvalue weighted by atomic mass is 9.98. The second kappa shape index (κ2) is 6.18. The van der Waals surface area contributed by atoms with Gasteiger partial charge in [-0.05, 0) is 46.8 Å². The van der Waals surface area contributed by atoms with Crippen LogP contribution < -0.4 is 4.74 Å². The van der Waals surface area contributed by atoms with Crippen molar-refractivity contribution in [1.82, 2.24) is 9.88 Å². The van der Waals surface area contributed by atoms with Gasteiger partial charge in [-0.25, -0.2) is 4.98 Å². The van der Waals surface area contributed by atoms with Crippen LogP contribution in [0.2, 0.25) is 0 Å². The van der Waals surface area contributed by atoms with Crippen LogP contribution in [-0.4, -0.2) is 35.5 Å². The first-order chi connectivity index (χ1) is 8.65. The number of carbonyl (C=O) groups excluding carboxylic acids is 1. The van der Waals surface area contributed by atoms with E-state index in [-0.39, 0.29) is 5.91 Å². The van der Waals surface area contributed by atoms with Gasteiger partial charge in [-0.2, -0.15) is 0 Å². The number of halogens is 1. The molecule has 4 nitrogen and oxygen atoms in total. The molecule has 0 saturated carbocycles. The molecule has 0 aliphatic carbocycles. The Morgan fingerprint density at radius 3 is 2.78 bits per heavy atom. The zero-order valence-electron chi connectivity index (χ0n) is 10.4. The molecule has 1 saturated heterocycles. The summed E-state index contributed by atoms with van der Waals surface area (Å²) in [6.07, 6.45) is 3.75. The first-order valence-corrected chi connectivity index (χ1v) is 6.94. The Morgan fingerprint density at radius 2 is 2.22 bits per heavy atom. The summed E-state index contributed by atoms with van der Waals surface area (Å²) in [5.41, 5.74) is 0. The molecule has 0 unspecified atom stereocenters. The third-order valence-corrected chi connectivity index (χ3v) is 3.71. The molecular weight excluding hydrogens is 296 g/mol. The SMILES string of the molecule is CC(=O)N1CCC(COc2ccc(Br)nc2)CC1. The van der Waals surface area contributed by atoms with Crippen molar-refractivity contribution >= 4 is 21.8 Å². The van der Waals surface area contributed by atoms with Crippen LogP contribution >= 0.6 is 15.9 Å². The fraction of sp³-hybridized carbons (Fsp3) is 0.538. The number of carbonyl (C=O) groups is 1. The summed E-state index contributed by atoms with van der Waals surface area (Å²) in [5.74, 6) is 1.50. The fourth-order valence-electron chi connectivity index (χ4n) is 2.08. The monoisotopic (exact) mass is 312 g/mol. The number of aromatic nitrogens is 1. The van der Waals surface area contributed by atoms with E-state index in [4.69, 9.17) is 4.74 Å². The Morgan fingerprint density at radius 1 is 1.50 bits per heavy atom. The highest BCUT2D eigenvalue weighted by atomic mass is 79.9. The second-order valence-corrected chi connectivity index (χ2v) is 5.39. The van der Waals surface area contributed by atoms with Crippen LogP contribution in [0.4, 0.5) is 0 Å². The van der Waals surface area contributed by atoms with Crippen LogP contribution in [0.15, 0.2) is 22.9 Å². The van der Waals surface area contributed by atoms with Crippen LogP contribution in [0, 0.1) is 5.92 Å². The molecule has 0 aromatic carbocycles. The molecule has 1 amide bonds. The van der Waals surface area contributed by atoms with Crippen LogP contribution in [0.1, 0.15) is 19.8 Å². The summed E-state index contributed by atoms with van der Waals surface area (Å²) in [5, 5.41) is 0. The minimum absolute atomic E-state index is 0.173. The lowest BCUT2D eigenvalue weighted by Crippen LogP contribution is -2.38. The largest absolute Gasteiger partial charge is 0.492 e. The van der Waals surface area contributed by atoms with Crippen molar-refractivity contribution in [3.8, 4) is 5.75 Å². The second-order valence-electron chi connectivity index (χ2n) is 4.58. The highest BCUT2D eigenvalue weighted by Crippen LogP contribution is 2.19. The average molecular weight is 313 g/mol. The van der Waals surface area contributed by atoms with E-state index in [1.54, 1.807) is 13.1 Å². The number of piperidine rings is 1. The maximum Gasteiger partial charge on any atom is 0.219 e. The maximum absolute atomic E-state index is 11.2. The third-order valence-electron chi connectivity index (χ3n) is 3.25. The molecule has 0 radical (unpaired) electrons. The van der Waals surface area contributed by atoms with Gasteiger partial charge in [0.1, 0.15) is 10.4 Å². The fourth-order valence-corrected chi connectivity index (χ4v) is 2.31. The number of likely N-dealkylation sites (tertiary alicyclic amines) is 1. The van der Waals surface area contributed by atoms with E-state index in [2.05, 4.69) is 20.9 Å². The number of pyridine rings is 1. The Labute approximate surface area is 115 Å². The van der Waals surface area contributed by atoms with Crippen molar-refractivity contribution < 1.29 is 9.53 Å². The molecule has 2 rings (SSSR count). The van der Waals surface area contributed by atoms with Crippen molar-refractivity contribution in [2.45, 2.75) is 19.8 Å². The summed E-state index contributed by atoms with van der Waals surface area (Å²) in [7, 11) is 0. The van der Waals surface area contributed by atoms with Gasteiger partial charge in [-0.1, -0.05) is 0 Å². The zero-order chi connectivity index (χ0) is 13.0. The quantitative estimate of drug-likeness (QED) is 0.805. The van der Waals surface area contributed by atoms with Crippen molar-refractivity contribution in [3.63, 3.8) is 0 Å². The van der Waals surface area contributed by atoms with Crippen LogP contribution in [0.25, 0.3) is 0 Å². The van der Waals surface area contributed by atoms with E-state index in [9.17, 15) is 4.79 Å². The molecule has 1 aromatic rings. The first-order valence-electron chi connectivity index (χ1n) is 6.15. The lowest BCUT2D eigenvalue weighted by molar-refractivity contribution is -0.130. The van der Waals surface area contributed by atoms with Gasteiger partial charge >= 0.3 is 0 Å². The van der Waals surface area contributed by atoms with Gasteiger partial charge in [-0.3, -0.25) is 4.79 Å². The third kappa shape index (κ3) is 3.70. The van der Waals surface area contributed by atoms with Gasteiger partial charge in [0.15, 0.2) is 0 Å². The summed E-state index contributed by atoms with van der Waals surface area (Å²) in [4.78, 5) is 17.2. The summed E-state index contributed by atoms with van der Waals surface area (Å²) in [6.45, 7) is 4.03. The number of hydrogen-bond donors (Lipinski definition) is 0. The minimum atomic E-state index is 0.173. The molecular formula is C13H17BrN2O2. The standard InChI is InChI=1S/C13H17BrN2O2/c1-10(17)16-6-4-11(5-7-16)9-18-12-2-3-13(14)15-8-12/h2-3,8,11H,4-7,9H2,1H3. The van der Waals surface area contributed by atoms with Gasteiger partial charge in [0.2, 0.25) is 5.91 Å². The Balaban J connectivity index is 1.75. The molecule has 1 aliphatic heterocycles. The number of ether oxygens (including phenoxy) is 1. The molecule has 0 atom stereocenters. The summed E-state index contributed by atoms with van der Waals surface area (Å²) < 4.78 is 6.52. The van der Waals surface area contributed by atoms with Crippen molar-refractivity contribution in [2.24, 2.45) is 5.92 Å². The normalized spacial score (nSPS) is 16.7. The Kier molecular flexibility index (Phi) is 4.58. The van der Waals surface area contributed by atoms with Crippen molar-refractivity contribution in [2.75, 3.05) is 19.7 Å². The number of hydrogen-bond acceptors (Lipinski definition) is 3. The van der Waals surface area contributed by atoms with Gasteiger partial charge in [-0.15, -0.1) is 0 Å². The minimum Gasteiger partial charge on any atom is -0.492 e. The zero-order valence-corrected chi connectivity index (χ0v) is 12.0. The molecule has 18 heavy (non-hydrogen) atoms. The van der Waals surface area contributed by atoms with Crippen molar-refractivity contribution in [1.29, 1.82) is 0 Å². The van der Waals surface area contributed by atoms with E-state index in [0.29, 0.717) is 12.5 Å². The van der Waals surface area contributed by atoms with E-state index >= 15 is 0 Å². The molecule has 1 aromatic heterocycles. The average Bonchev–Trinajstić information content (AvgIpc) is 2.38. The van der Waals surface area contributed by atoms with Gasteiger partial charge < -0.3 is 9.64 Å². The molecule has 98 valence electrons.